The van der Waals surface area contributed by atoms with Gasteiger partial charge in [0.15, 0.2) is 0 Å². The van der Waals surface area contributed by atoms with Crippen LogP contribution in [0, 0.1) is 18.8 Å². The number of pyridine rings is 1. The Morgan fingerprint density at radius 1 is 1.04 bits per heavy atom. The van der Waals surface area contributed by atoms with E-state index in [1.165, 1.54) is 16.8 Å². The minimum absolute atomic E-state index is 0.100. The number of aryl methyl sites for hydroxylation is 1. The van der Waals surface area contributed by atoms with Crippen molar-refractivity contribution < 1.29 is 4.79 Å². The maximum Gasteiger partial charge on any atom is 0.270 e. The second-order valence-electron chi connectivity index (χ2n) is 7.88. The summed E-state index contributed by atoms with van der Waals surface area (Å²) in [6.45, 7) is 4.88. The molecule has 5 rings (SSSR count). The molecule has 3 aromatic rings. The fourth-order valence-electron chi connectivity index (χ4n) is 4.95. The molecule has 0 bridgehead atoms. The van der Waals surface area contributed by atoms with E-state index in [1.54, 1.807) is 0 Å². The third-order valence-corrected chi connectivity index (χ3v) is 6.29. The van der Waals surface area contributed by atoms with Gasteiger partial charge in [0.25, 0.3) is 5.91 Å². The third-order valence-electron chi connectivity index (χ3n) is 6.29. The summed E-state index contributed by atoms with van der Waals surface area (Å²) in [5.41, 5.74) is 4.41. The average Bonchev–Trinajstić information content (AvgIpc) is 3.45. The van der Waals surface area contributed by atoms with Crippen molar-refractivity contribution in [2.45, 2.75) is 13.0 Å². The Hall–Kier alpha value is -3.08. The number of rotatable bonds is 3. The monoisotopic (exact) mass is 372 g/mol. The molecular weight excluding hydrogens is 348 g/mol. The van der Waals surface area contributed by atoms with E-state index in [0.29, 0.717) is 17.5 Å². The third kappa shape index (κ3) is 2.78. The zero-order chi connectivity index (χ0) is 19.1. The summed E-state index contributed by atoms with van der Waals surface area (Å²) in [7, 11) is 0. The summed E-state index contributed by atoms with van der Waals surface area (Å²) in [6.07, 6.45) is 5.52. The summed E-state index contributed by atoms with van der Waals surface area (Å²) < 4.78 is 0. The van der Waals surface area contributed by atoms with Crippen LogP contribution in [-0.4, -0.2) is 40.4 Å². The number of nitrogens with zero attached hydrogens (tertiary/aromatic N) is 3. The lowest BCUT2D eigenvalue weighted by atomic mass is 9.87. The molecule has 2 aliphatic heterocycles. The van der Waals surface area contributed by atoms with Gasteiger partial charge in [0, 0.05) is 55.7 Å². The number of H-pyrrole nitrogens is 1. The fourth-order valence-corrected chi connectivity index (χ4v) is 4.95. The highest BCUT2D eigenvalue weighted by Gasteiger charge is 2.49. The molecule has 142 valence electrons. The van der Waals surface area contributed by atoms with Crippen molar-refractivity contribution in [3.63, 3.8) is 0 Å². The zero-order valence-electron chi connectivity index (χ0n) is 16.0. The minimum Gasteiger partial charge on any atom is -0.371 e. The first-order valence-electron chi connectivity index (χ1n) is 9.87. The van der Waals surface area contributed by atoms with Gasteiger partial charge in [-0.3, -0.25) is 9.78 Å². The Morgan fingerprint density at radius 3 is 2.61 bits per heavy atom. The summed E-state index contributed by atoms with van der Waals surface area (Å²) in [5.74, 6) is 0.993. The number of anilines is 1. The van der Waals surface area contributed by atoms with Gasteiger partial charge in [0.1, 0.15) is 5.69 Å². The molecule has 1 amide bonds. The summed E-state index contributed by atoms with van der Waals surface area (Å²) >= 11 is 0. The molecule has 2 fully saturated rings. The van der Waals surface area contributed by atoms with E-state index in [-0.39, 0.29) is 11.9 Å². The molecule has 5 nitrogen and oxygen atoms in total. The molecule has 28 heavy (non-hydrogen) atoms. The predicted molar refractivity (Wildman–Crippen MR) is 109 cm³/mol. The van der Waals surface area contributed by atoms with Gasteiger partial charge < -0.3 is 14.8 Å². The van der Waals surface area contributed by atoms with Gasteiger partial charge in [-0.15, -0.1) is 0 Å². The largest absolute Gasteiger partial charge is 0.371 e. The highest BCUT2D eigenvalue weighted by molar-refractivity contribution is 5.93. The number of likely N-dealkylation sites (tertiary alicyclic amines) is 1. The van der Waals surface area contributed by atoms with Crippen LogP contribution in [0.15, 0.2) is 67.1 Å². The molecule has 5 heteroatoms. The second kappa shape index (κ2) is 6.82. The van der Waals surface area contributed by atoms with Crippen LogP contribution in [0.4, 0.5) is 5.69 Å². The SMILES string of the molecule is Cc1ccccc1[C@@H]1[C@H]2CN(c3ccncc3)C[C@H]2CN1C(=O)c1ccc[nH]1. The van der Waals surface area contributed by atoms with E-state index >= 15 is 0 Å². The quantitative estimate of drug-likeness (QED) is 0.763. The van der Waals surface area contributed by atoms with Crippen molar-refractivity contribution in [1.29, 1.82) is 0 Å². The van der Waals surface area contributed by atoms with Crippen molar-refractivity contribution in [1.82, 2.24) is 14.9 Å². The number of aromatic amines is 1. The maximum atomic E-state index is 13.3. The molecular formula is C23H24N4O. The van der Waals surface area contributed by atoms with Crippen molar-refractivity contribution in [2.75, 3.05) is 24.5 Å². The highest BCUT2D eigenvalue weighted by atomic mass is 16.2. The first-order valence-corrected chi connectivity index (χ1v) is 9.87. The first kappa shape index (κ1) is 17.0. The van der Waals surface area contributed by atoms with Gasteiger partial charge in [-0.25, -0.2) is 0 Å². The molecule has 0 spiro atoms. The van der Waals surface area contributed by atoms with Crippen molar-refractivity contribution in [3.05, 3.63) is 83.9 Å². The Balaban J connectivity index is 1.50. The van der Waals surface area contributed by atoms with Crippen molar-refractivity contribution in [3.8, 4) is 0 Å². The number of benzene rings is 1. The van der Waals surface area contributed by atoms with Gasteiger partial charge in [0.2, 0.25) is 0 Å². The number of aromatic nitrogens is 2. The van der Waals surface area contributed by atoms with Crippen LogP contribution >= 0.6 is 0 Å². The Bertz CT molecular complexity index is 969. The van der Waals surface area contributed by atoms with Crippen LogP contribution in [0.1, 0.15) is 27.7 Å². The smallest absolute Gasteiger partial charge is 0.270 e. The summed E-state index contributed by atoms with van der Waals surface area (Å²) in [6, 6.07) is 16.5. The molecule has 1 aromatic carbocycles. The lowest BCUT2D eigenvalue weighted by Crippen LogP contribution is -2.36. The van der Waals surface area contributed by atoms with Gasteiger partial charge in [-0.05, 0) is 42.3 Å². The van der Waals surface area contributed by atoms with Crippen molar-refractivity contribution >= 4 is 11.6 Å². The lowest BCUT2D eigenvalue weighted by molar-refractivity contribution is 0.0710. The summed E-state index contributed by atoms with van der Waals surface area (Å²) in [4.78, 5) is 25.0. The molecule has 0 saturated carbocycles. The van der Waals surface area contributed by atoms with Crippen LogP contribution in [0.3, 0.4) is 0 Å². The van der Waals surface area contributed by atoms with Gasteiger partial charge >= 0.3 is 0 Å². The number of amides is 1. The van der Waals surface area contributed by atoms with Crippen LogP contribution in [0.5, 0.6) is 0 Å². The predicted octanol–water partition coefficient (Wildman–Crippen LogP) is 3.67. The van der Waals surface area contributed by atoms with Gasteiger partial charge in [0.05, 0.1) is 6.04 Å². The molecule has 0 unspecified atom stereocenters. The van der Waals surface area contributed by atoms with E-state index in [0.717, 1.165) is 19.6 Å². The number of carbonyl (C=O) groups excluding carboxylic acids is 1. The Kier molecular flexibility index (Phi) is 4.15. The normalized spacial score (nSPS) is 23.8. The number of fused-ring (bicyclic) bond motifs is 1. The molecule has 0 aliphatic carbocycles. The van der Waals surface area contributed by atoms with Crippen LogP contribution < -0.4 is 4.90 Å². The van der Waals surface area contributed by atoms with Crippen LogP contribution in [0.2, 0.25) is 0 Å². The molecule has 3 atom stereocenters. The standard InChI is InChI=1S/C23H24N4O/c1-16-5-2-3-6-19(16)22-20-15-26(18-8-11-24-12-9-18)13-17(20)14-27(22)23(28)21-7-4-10-25-21/h2-12,17,20,22,25H,13-15H2,1H3/t17-,20-,22+/m0/s1. The maximum absolute atomic E-state index is 13.3. The molecule has 2 saturated heterocycles. The molecule has 2 aromatic heterocycles. The number of carbonyl (C=O) groups is 1. The second-order valence-corrected chi connectivity index (χ2v) is 7.88. The van der Waals surface area contributed by atoms with Crippen LogP contribution in [0.25, 0.3) is 0 Å². The topological polar surface area (TPSA) is 52.2 Å². The fraction of sp³-hybridized carbons (Fsp3) is 0.304. The number of nitrogens with one attached hydrogen (secondary N) is 1. The van der Waals surface area contributed by atoms with E-state index in [9.17, 15) is 4.79 Å². The summed E-state index contributed by atoms with van der Waals surface area (Å²) in [5, 5.41) is 0. The molecule has 1 N–H and O–H groups in total. The van der Waals surface area contributed by atoms with Gasteiger partial charge in [-0.2, -0.15) is 0 Å². The van der Waals surface area contributed by atoms with Crippen molar-refractivity contribution in [2.24, 2.45) is 11.8 Å². The number of hydrogen-bond donors (Lipinski definition) is 1. The zero-order valence-corrected chi connectivity index (χ0v) is 16.0. The lowest BCUT2D eigenvalue weighted by Gasteiger charge is -2.31. The Labute approximate surface area is 165 Å². The number of hydrogen-bond acceptors (Lipinski definition) is 3. The molecule has 0 radical (unpaired) electrons. The van der Waals surface area contributed by atoms with Gasteiger partial charge in [-0.1, -0.05) is 24.3 Å². The average molecular weight is 372 g/mol. The first-order chi connectivity index (χ1) is 13.7. The molecule has 2 aliphatic rings. The van der Waals surface area contributed by atoms with Crippen LogP contribution in [-0.2, 0) is 0 Å². The Morgan fingerprint density at radius 2 is 1.86 bits per heavy atom. The van der Waals surface area contributed by atoms with E-state index in [4.69, 9.17) is 0 Å². The van der Waals surface area contributed by atoms with E-state index in [2.05, 4.69) is 63.1 Å². The minimum atomic E-state index is 0.100. The highest BCUT2D eigenvalue weighted by Crippen LogP contribution is 2.47. The van der Waals surface area contributed by atoms with E-state index < -0.39 is 0 Å². The molecule has 4 heterocycles. The van der Waals surface area contributed by atoms with E-state index in [1.807, 2.05) is 30.7 Å².